The second-order valence-corrected chi connectivity index (χ2v) is 8.15. The van der Waals surface area contributed by atoms with Gasteiger partial charge in [-0.15, -0.1) is 10.2 Å². The van der Waals surface area contributed by atoms with Gasteiger partial charge in [0.1, 0.15) is 0 Å². The van der Waals surface area contributed by atoms with Crippen LogP contribution >= 0.6 is 11.8 Å². The van der Waals surface area contributed by atoms with Crippen LogP contribution in [0.15, 0.2) is 82.6 Å². The fourth-order valence-electron chi connectivity index (χ4n) is 3.04. The Morgan fingerprint density at radius 2 is 1.79 bits per heavy atom. The first kappa shape index (κ1) is 19.2. The SMILES string of the molecule is Cc1ccc(C(=O)C(C)Sc2nnc(-c3ccco3)n2Cc2ccccc2)cc1. The van der Waals surface area contributed by atoms with Gasteiger partial charge in [-0.05, 0) is 31.5 Å². The maximum Gasteiger partial charge on any atom is 0.200 e. The lowest BCUT2D eigenvalue weighted by atomic mass is 10.1. The Balaban J connectivity index is 1.62. The Labute approximate surface area is 173 Å². The molecule has 0 aliphatic heterocycles. The molecule has 0 saturated heterocycles. The van der Waals surface area contributed by atoms with Gasteiger partial charge in [-0.3, -0.25) is 9.36 Å². The predicted octanol–water partition coefficient (Wildman–Crippen LogP) is 5.26. The number of aromatic nitrogens is 3. The maximum atomic E-state index is 12.9. The van der Waals surface area contributed by atoms with Crippen LogP contribution in [-0.2, 0) is 6.54 Å². The second kappa shape index (κ2) is 8.49. The van der Waals surface area contributed by atoms with E-state index in [1.165, 1.54) is 11.8 Å². The fraction of sp³-hybridized carbons (Fsp3) is 0.174. The molecule has 1 atom stereocenters. The fourth-order valence-corrected chi connectivity index (χ4v) is 3.96. The summed E-state index contributed by atoms with van der Waals surface area (Å²) in [5.41, 5.74) is 2.96. The van der Waals surface area contributed by atoms with Crippen molar-refractivity contribution >= 4 is 17.5 Å². The van der Waals surface area contributed by atoms with Crippen molar-refractivity contribution in [2.75, 3.05) is 0 Å². The molecule has 146 valence electrons. The van der Waals surface area contributed by atoms with Crippen molar-refractivity contribution in [3.05, 3.63) is 89.7 Å². The molecule has 0 N–H and O–H groups in total. The summed E-state index contributed by atoms with van der Waals surface area (Å²) in [7, 11) is 0. The molecule has 0 aliphatic rings. The third kappa shape index (κ3) is 4.32. The smallest absolute Gasteiger partial charge is 0.200 e. The van der Waals surface area contributed by atoms with Crippen LogP contribution in [0.3, 0.4) is 0 Å². The molecule has 1 unspecified atom stereocenters. The monoisotopic (exact) mass is 403 g/mol. The van der Waals surface area contributed by atoms with Crippen molar-refractivity contribution in [3.63, 3.8) is 0 Å². The lowest BCUT2D eigenvalue weighted by Gasteiger charge is -2.13. The van der Waals surface area contributed by atoms with E-state index in [0.29, 0.717) is 28.8 Å². The minimum atomic E-state index is -0.291. The van der Waals surface area contributed by atoms with E-state index in [1.807, 2.05) is 73.0 Å². The molecule has 2 aromatic carbocycles. The molecular formula is C23H21N3O2S. The molecular weight excluding hydrogens is 382 g/mol. The summed E-state index contributed by atoms with van der Waals surface area (Å²) < 4.78 is 7.54. The van der Waals surface area contributed by atoms with Crippen LogP contribution in [-0.4, -0.2) is 25.8 Å². The average molecular weight is 404 g/mol. The lowest BCUT2D eigenvalue weighted by Crippen LogP contribution is -2.15. The second-order valence-electron chi connectivity index (χ2n) is 6.85. The van der Waals surface area contributed by atoms with Crippen LogP contribution in [0.4, 0.5) is 0 Å². The number of nitrogens with zero attached hydrogens (tertiary/aromatic N) is 3. The Morgan fingerprint density at radius 1 is 1.03 bits per heavy atom. The number of furan rings is 1. The number of thioether (sulfide) groups is 1. The van der Waals surface area contributed by atoms with Gasteiger partial charge in [-0.2, -0.15) is 0 Å². The van der Waals surface area contributed by atoms with Crippen molar-refractivity contribution in [3.8, 4) is 11.6 Å². The Morgan fingerprint density at radius 3 is 2.48 bits per heavy atom. The summed E-state index contributed by atoms with van der Waals surface area (Å²) in [6, 6.07) is 21.5. The number of Topliss-reactive ketones (excluding diaryl/α,β-unsaturated/α-hetero) is 1. The number of carbonyl (C=O) groups excluding carboxylic acids is 1. The van der Waals surface area contributed by atoms with Gasteiger partial charge in [0.05, 0.1) is 18.1 Å². The number of rotatable bonds is 7. The molecule has 4 aromatic rings. The molecule has 0 aliphatic carbocycles. The third-order valence-electron chi connectivity index (χ3n) is 4.63. The molecule has 5 nitrogen and oxygen atoms in total. The van der Waals surface area contributed by atoms with E-state index in [0.717, 1.165) is 11.1 Å². The van der Waals surface area contributed by atoms with Gasteiger partial charge in [0.2, 0.25) is 5.82 Å². The van der Waals surface area contributed by atoms with Crippen molar-refractivity contribution in [2.45, 2.75) is 30.8 Å². The van der Waals surface area contributed by atoms with Gasteiger partial charge in [0.25, 0.3) is 0 Å². The van der Waals surface area contributed by atoms with Gasteiger partial charge >= 0.3 is 0 Å². The zero-order valence-corrected chi connectivity index (χ0v) is 17.1. The van der Waals surface area contributed by atoms with E-state index in [-0.39, 0.29) is 11.0 Å². The van der Waals surface area contributed by atoms with Crippen molar-refractivity contribution in [2.24, 2.45) is 0 Å². The lowest BCUT2D eigenvalue weighted by molar-refractivity contribution is 0.0994. The number of carbonyl (C=O) groups is 1. The topological polar surface area (TPSA) is 60.9 Å². The molecule has 0 spiro atoms. The summed E-state index contributed by atoms with van der Waals surface area (Å²) in [5.74, 6) is 1.37. The zero-order chi connectivity index (χ0) is 20.2. The number of benzene rings is 2. The number of aryl methyl sites for hydroxylation is 1. The van der Waals surface area contributed by atoms with Gasteiger partial charge < -0.3 is 4.42 Å². The normalized spacial score (nSPS) is 12.1. The highest BCUT2D eigenvalue weighted by Gasteiger charge is 2.22. The van der Waals surface area contributed by atoms with Gasteiger partial charge in [0, 0.05) is 5.56 Å². The summed E-state index contributed by atoms with van der Waals surface area (Å²) in [5, 5.41) is 9.10. The molecule has 29 heavy (non-hydrogen) atoms. The highest BCUT2D eigenvalue weighted by atomic mass is 32.2. The highest BCUT2D eigenvalue weighted by molar-refractivity contribution is 8.00. The Bertz CT molecular complexity index is 1090. The molecule has 2 aromatic heterocycles. The largest absolute Gasteiger partial charge is 0.461 e. The Hall–Kier alpha value is -3.12. The van der Waals surface area contributed by atoms with E-state index < -0.39 is 0 Å². The average Bonchev–Trinajstić information content (AvgIpc) is 3.39. The van der Waals surface area contributed by atoms with Gasteiger partial charge in [0.15, 0.2) is 16.7 Å². The molecule has 0 fully saturated rings. The molecule has 2 heterocycles. The molecule has 0 amide bonds. The van der Waals surface area contributed by atoms with Gasteiger partial charge in [-0.25, -0.2) is 0 Å². The van der Waals surface area contributed by atoms with Crippen LogP contribution < -0.4 is 0 Å². The maximum absolute atomic E-state index is 12.9. The van der Waals surface area contributed by atoms with Crippen LogP contribution in [0.1, 0.15) is 28.4 Å². The van der Waals surface area contributed by atoms with Crippen molar-refractivity contribution in [1.29, 1.82) is 0 Å². The van der Waals surface area contributed by atoms with Crippen LogP contribution in [0, 0.1) is 6.92 Å². The first-order chi connectivity index (χ1) is 14.1. The zero-order valence-electron chi connectivity index (χ0n) is 16.3. The van der Waals surface area contributed by atoms with E-state index >= 15 is 0 Å². The predicted molar refractivity (Wildman–Crippen MR) is 114 cm³/mol. The van der Waals surface area contributed by atoms with Gasteiger partial charge in [-0.1, -0.05) is 71.9 Å². The first-order valence-electron chi connectivity index (χ1n) is 9.40. The van der Waals surface area contributed by atoms with Crippen LogP contribution in [0.5, 0.6) is 0 Å². The minimum absolute atomic E-state index is 0.0730. The van der Waals surface area contributed by atoms with Crippen molar-refractivity contribution < 1.29 is 9.21 Å². The molecule has 0 saturated carbocycles. The summed E-state index contributed by atoms with van der Waals surface area (Å²) in [6.07, 6.45) is 1.62. The number of ketones is 1. The molecule has 0 bridgehead atoms. The van der Waals surface area contributed by atoms with E-state index in [2.05, 4.69) is 22.3 Å². The number of hydrogen-bond acceptors (Lipinski definition) is 5. The first-order valence-corrected chi connectivity index (χ1v) is 10.3. The van der Waals surface area contributed by atoms with E-state index in [1.54, 1.807) is 6.26 Å². The summed E-state index contributed by atoms with van der Waals surface area (Å²) >= 11 is 1.41. The minimum Gasteiger partial charge on any atom is -0.461 e. The summed E-state index contributed by atoms with van der Waals surface area (Å²) in [6.45, 7) is 4.51. The van der Waals surface area contributed by atoms with Crippen LogP contribution in [0.2, 0.25) is 0 Å². The summed E-state index contributed by atoms with van der Waals surface area (Å²) in [4.78, 5) is 12.9. The highest BCUT2D eigenvalue weighted by Crippen LogP contribution is 2.29. The third-order valence-corrected chi connectivity index (χ3v) is 5.71. The van der Waals surface area contributed by atoms with Crippen molar-refractivity contribution in [1.82, 2.24) is 14.8 Å². The van der Waals surface area contributed by atoms with Crippen LogP contribution in [0.25, 0.3) is 11.6 Å². The molecule has 4 rings (SSSR count). The number of hydrogen-bond donors (Lipinski definition) is 0. The quantitative estimate of drug-likeness (QED) is 0.311. The molecule has 6 heteroatoms. The Kier molecular flexibility index (Phi) is 5.62. The van der Waals surface area contributed by atoms with E-state index in [9.17, 15) is 4.79 Å². The molecule has 0 radical (unpaired) electrons. The van der Waals surface area contributed by atoms with E-state index in [4.69, 9.17) is 4.42 Å². The standard InChI is InChI=1S/C23H21N3O2S/c1-16-10-12-19(13-11-16)21(27)17(2)29-23-25-24-22(20-9-6-14-28-20)26(23)15-18-7-4-3-5-8-18/h3-14,17H,15H2,1-2H3.